The van der Waals surface area contributed by atoms with Crippen LogP contribution in [0.5, 0.6) is 0 Å². The first-order valence-corrected chi connectivity index (χ1v) is 8.69. The van der Waals surface area contributed by atoms with Gasteiger partial charge < -0.3 is 0 Å². The highest BCUT2D eigenvalue weighted by atomic mass is 32.2. The molecule has 0 aliphatic heterocycles. The van der Waals surface area contributed by atoms with Crippen LogP contribution in [-0.2, 0) is 21.3 Å². The van der Waals surface area contributed by atoms with E-state index in [0.717, 1.165) is 5.56 Å². The third kappa shape index (κ3) is 3.96. The second kappa shape index (κ2) is 6.62. The minimum Gasteiger partial charge on any atom is -0.262 e. The van der Waals surface area contributed by atoms with Gasteiger partial charge in [0.05, 0.1) is 11.9 Å². The summed E-state index contributed by atoms with van der Waals surface area (Å²) in [5, 5.41) is 0. The Bertz CT molecular complexity index is 718. The molecule has 1 heterocycles. The van der Waals surface area contributed by atoms with Crippen molar-refractivity contribution in [3.63, 3.8) is 0 Å². The Morgan fingerprint density at radius 3 is 2.36 bits per heavy atom. The van der Waals surface area contributed by atoms with Crippen molar-refractivity contribution in [1.82, 2.24) is 4.57 Å². The number of hydrogen-bond donors (Lipinski definition) is 0. The summed E-state index contributed by atoms with van der Waals surface area (Å²) in [6, 6.07) is 6.64. The average Bonchev–Trinajstić information content (AvgIpc) is 2.85. The van der Waals surface area contributed by atoms with E-state index in [1.807, 2.05) is 55.7 Å². The molecule has 0 saturated heterocycles. The van der Waals surface area contributed by atoms with Gasteiger partial charge in [0, 0.05) is 0 Å². The number of imidazole rings is 1. The number of nitrogens with zero attached hydrogens (tertiary/aromatic N) is 2. The molecule has 0 spiro atoms. The quantitative estimate of drug-likeness (QED) is 0.605. The van der Waals surface area contributed by atoms with Crippen molar-refractivity contribution in [3.8, 4) is 0 Å². The van der Waals surface area contributed by atoms with Crippen molar-refractivity contribution in [1.29, 1.82) is 0 Å². The van der Waals surface area contributed by atoms with Gasteiger partial charge >= 0.3 is 0 Å². The first kappa shape index (κ1) is 16.7. The fraction of sp³-hybridized carbons (Fsp3) is 0.438. The molecule has 22 heavy (non-hydrogen) atoms. The van der Waals surface area contributed by atoms with Gasteiger partial charge in [-0.2, -0.15) is 8.42 Å². The zero-order valence-corrected chi connectivity index (χ0v) is 14.2. The molecule has 0 fully saturated rings. The van der Waals surface area contributed by atoms with Crippen molar-refractivity contribution >= 4 is 10.1 Å². The normalized spacial score (nSPS) is 13.5. The summed E-state index contributed by atoms with van der Waals surface area (Å²) in [5.74, 6) is 0.251. The molecular weight excluding hydrogens is 300 g/mol. The van der Waals surface area contributed by atoms with Gasteiger partial charge in [0.2, 0.25) is 6.33 Å². The summed E-state index contributed by atoms with van der Waals surface area (Å²) < 4.78 is 33.7. The Hall–Kier alpha value is -1.66. The van der Waals surface area contributed by atoms with Crippen LogP contribution in [0.25, 0.3) is 0 Å². The lowest BCUT2D eigenvalue weighted by Gasteiger charge is -2.17. The first-order valence-electron chi connectivity index (χ1n) is 7.28. The Kier molecular flexibility index (Phi) is 5.03. The average molecular weight is 323 g/mol. The molecule has 1 aromatic heterocycles. The molecule has 6 heteroatoms. The maximum atomic E-state index is 12.3. The van der Waals surface area contributed by atoms with Gasteiger partial charge in [-0.15, -0.1) is 0 Å². The number of aryl methyl sites for hydroxylation is 2. The van der Waals surface area contributed by atoms with Gasteiger partial charge in [-0.3, -0.25) is 4.18 Å². The Balaban J connectivity index is 2.13. The lowest BCUT2D eigenvalue weighted by molar-refractivity contribution is -0.671. The minimum atomic E-state index is -3.73. The van der Waals surface area contributed by atoms with E-state index in [0.29, 0.717) is 0 Å². The fourth-order valence-corrected chi connectivity index (χ4v) is 3.14. The van der Waals surface area contributed by atoms with Crippen molar-refractivity contribution in [2.45, 2.75) is 31.7 Å². The van der Waals surface area contributed by atoms with E-state index in [2.05, 4.69) is 0 Å². The monoisotopic (exact) mass is 323 g/mol. The minimum absolute atomic E-state index is 0.0403. The Labute approximate surface area is 132 Å². The second-order valence-corrected chi connectivity index (χ2v) is 7.50. The van der Waals surface area contributed by atoms with Gasteiger partial charge in [-0.1, -0.05) is 31.5 Å². The first-order chi connectivity index (χ1) is 10.3. The topological polar surface area (TPSA) is 52.2 Å². The molecule has 120 valence electrons. The molecular formula is C16H23N2O3S+. The molecule has 0 N–H and O–H groups in total. The molecule has 0 unspecified atom stereocenters. The number of hydrogen-bond acceptors (Lipinski definition) is 3. The molecule has 2 aromatic rings. The van der Waals surface area contributed by atoms with E-state index < -0.39 is 10.1 Å². The van der Waals surface area contributed by atoms with E-state index >= 15 is 0 Å². The van der Waals surface area contributed by atoms with E-state index in [1.54, 1.807) is 24.3 Å². The van der Waals surface area contributed by atoms with Gasteiger partial charge in [-0.05, 0) is 25.0 Å². The van der Waals surface area contributed by atoms with Gasteiger partial charge in [-0.25, -0.2) is 9.13 Å². The van der Waals surface area contributed by atoms with Crippen LogP contribution < -0.4 is 4.57 Å². The molecule has 0 amide bonds. The maximum Gasteiger partial charge on any atom is 0.297 e. The molecule has 2 rings (SSSR count). The summed E-state index contributed by atoms with van der Waals surface area (Å²) in [5.41, 5.74) is 1.01. The lowest BCUT2D eigenvalue weighted by Crippen LogP contribution is -2.27. The molecule has 5 nitrogen and oxygen atoms in total. The number of aromatic nitrogens is 2. The summed E-state index contributed by atoms with van der Waals surface area (Å²) in [6.07, 6.45) is 5.77. The summed E-state index contributed by atoms with van der Waals surface area (Å²) in [7, 11) is -1.80. The summed E-state index contributed by atoms with van der Waals surface area (Å²) in [4.78, 5) is 0.193. The summed E-state index contributed by atoms with van der Waals surface area (Å²) >= 11 is 0. The molecule has 0 radical (unpaired) electrons. The SMILES string of the molecule is Cc1ccc(S(=O)(=O)OC[C@@H](C(C)C)n2cc[n+](C)c2)cc1. The van der Waals surface area contributed by atoms with Crippen LogP contribution >= 0.6 is 0 Å². The highest BCUT2D eigenvalue weighted by Gasteiger charge is 2.25. The maximum absolute atomic E-state index is 12.3. The van der Waals surface area contributed by atoms with Crippen molar-refractivity contribution in [3.05, 3.63) is 48.5 Å². The van der Waals surface area contributed by atoms with E-state index in [1.165, 1.54) is 0 Å². The van der Waals surface area contributed by atoms with Crippen LogP contribution in [0.3, 0.4) is 0 Å². The molecule has 1 atom stereocenters. The van der Waals surface area contributed by atoms with Crippen LogP contribution in [-0.4, -0.2) is 19.6 Å². The van der Waals surface area contributed by atoms with Crippen molar-refractivity contribution in [2.75, 3.05) is 6.61 Å². The van der Waals surface area contributed by atoms with Crippen LogP contribution in [0.4, 0.5) is 0 Å². The van der Waals surface area contributed by atoms with Gasteiger partial charge in [0.15, 0.2) is 0 Å². The van der Waals surface area contributed by atoms with Crippen LogP contribution in [0.1, 0.15) is 25.5 Å². The van der Waals surface area contributed by atoms with Crippen LogP contribution in [0, 0.1) is 12.8 Å². The number of rotatable bonds is 6. The second-order valence-electron chi connectivity index (χ2n) is 5.89. The molecule has 0 aliphatic carbocycles. The Morgan fingerprint density at radius 1 is 1.23 bits per heavy atom. The fourth-order valence-electron chi connectivity index (χ4n) is 2.22. The van der Waals surface area contributed by atoms with Gasteiger partial charge in [0.25, 0.3) is 10.1 Å². The third-order valence-corrected chi connectivity index (χ3v) is 4.94. The van der Waals surface area contributed by atoms with Crippen LogP contribution in [0.2, 0.25) is 0 Å². The summed E-state index contributed by atoms with van der Waals surface area (Å²) in [6.45, 7) is 6.12. The van der Waals surface area contributed by atoms with E-state index in [-0.39, 0.29) is 23.5 Å². The highest BCUT2D eigenvalue weighted by molar-refractivity contribution is 7.86. The standard InChI is InChI=1S/C16H23N2O3S/c1-13(2)16(18-10-9-17(4)12-18)11-21-22(19,20)15-7-5-14(3)6-8-15/h5-10,12-13,16H,11H2,1-4H3/q+1/t16-/m0/s1. The number of benzene rings is 1. The largest absolute Gasteiger partial charge is 0.297 e. The zero-order chi connectivity index (χ0) is 16.3. The highest BCUT2D eigenvalue weighted by Crippen LogP contribution is 2.21. The van der Waals surface area contributed by atoms with Crippen molar-refractivity contribution in [2.24, 2.45) is 13.0 Å². The van der Waals surface area contributed by atoms with Crippen LogP contribution in [0.15, 0.2) is 47.9 Å². The molecule has 0 bridgehead atoms. The smallest absolute Gasteiger partial charge is 0.262 e. The lowest BCUT2D eigenvalue weighted by atomic mass is 10.1. The van der Waals surface area contributed by atoms with E-state index in [4.69, 9.17) is 4.18 Å². The van der Waals surface area contributed by atoms with E-state index in [9.17, 15) is 8.42 Å². The molecule has 1 aromatic carbocycles. The Morgan fingerprint density at radius 2 is 1.86 bits per heavy atom. The predicted octanol–water partition coefficient (Wildman–Crippen LogP) is 2.22. The third-order valence-electron chi connectivity index (χ3n) is 3.65. The molecule has 0 aliphatic rings. The van der Waals surface area contributed by atoms with Gasteiger partial charge in [0.1, 0.15) is 25.0 Å². The predicted molar refractivity (Wildman–Crippen MR) is 83.8 cm³/mol. The van der Waals surface area contributed by atoms with Crippen molar-refractivity contribution < 1.29 is 17.2 Å². The zero-order valence-electron chi connectivity index (χ0n) is 13.4. The molecule has 0 saturated carbocycles.